The largest absolute Gasteiger partial charge is 0.378 e. The van der Waals surface area contributed by atoms with Gasteiger partial charge in [0.15, 0.2) is 0 Å². The molecule has 3 aliphatic heterocycles. The van der Waals surface area contributed by atoms with E-state index < -0.39 is 0 Å². The molecule has 0 bridgehead atoms. The molecule has 1 atom stereocenters. The lowest BCUT2D eigenvalue weighted by Crippen LogP contribution is -2.46. The first-order valence-electron chi connectivity index (χ1n) is 12.7. The summed E-state index contributed by atoms with van der Waals surface area (Å²) in [7, 11) is 0. The van der Waals surface area contributed by atoms with Gasteiger partial charge in [0, 0.05) is 69.0 Å². The van der Waals surface area contributed by atoms with Crippen molar-refractivity contribution in [3.05, 3.63) is 48.3 Å². The van der Waals surface area contributed by atoms with Crippen LogP contribution in [0.15, 0.2) is 42.7 Å². The first-order valence-corrected chi connectivity index (χ1v) is 12.7. The van der Waals surface area contributed by atoms with E-state index in [9.17, 15) is 4.79 Å². The lowest BCUT2D eigenvalue weighted by atomic mass is 9.96. The Balaban J connectivity index is 1.06. The molecule has 0 aliphatic carbocycles. The molecule has 5 rings (SSSR count). The van der Waals surface area contributed by atoms with Crippen molar-refractivity contribution in [2.45, 2.75) is 31.7 Å². The Kier molecular flexibility index (Phi) is 7.56. The van der Waals surface area contributed by atoms with Crippen LogP contribution in [0.3, 0.4) is 0 Å². The van der Waals surface area contributed by atoms with Crippen LogP contribution in [0.1, 0.15) is 36.0 Å². The molecule has 2 aromatic rings. The van der Waals surface area contributed by atoms with Gasteiger partial charge in [0.05, 0.1) is 13.2 Å². The number of nitrogens with one attached hydrogen (secondary N) is 1. The van der Waals surface area contributed by atoms with Gasteiger partial charge in [0.1, 0.15) is 0 Å². The van der Waals surface area contributed by atoms with E-state index in [2.05, 4.69) is 37.2 Å². The highest BCUT2D eigenvalue weighted by Gasteiger charge is 2.25. The molecule has 34 heavy (non-hydrogen) atoms. The predicted molar refractivity (Wildman–Crippen MR) is 133 cm³/mol. The number of ether oxygens (including phenoxy) is 1. The summed E-state index contributed by atoms with van der Waals surface area (Å²) < 4.78 is 5.35. The maximum atomic E-state index is 12.7. The van der Waals surface area contributed by atoms with Gasteiger partial charge in [-0.1, -0.05) is 0 Å². The average molecular weight is 465 g/mol. The van der Waals surface area contributed by atoms with Crippen molar-refractivity contribution >= 4 is 17.5 Å². The average Bonchev–Trinajstić information content (AvgIpc) is 2.93. The number of hydrogen-bond acceptors (Lipinski definition) is 7. The lowest BCUT2D eigenvalue weighted by Gasteiger charge is -2.36. The van der Waals surface area contributed by atoms with E-state index in [0.717, 1.165) is 57.1 Å². The smallest absolute Gasteiger partial charge is 0.254 e. The standard InChI is InChI=1S/C26H36N6O2/c33-25(31-15-17-34-18-16-31)22-4-6-24(7-5-22)30-13-8-23(9-14-30)29-19-21-3-1-12-32(20-21)26-27-10-2-11-28-26/h2,4-7,10-11,21,23,29H,1,3,8-9,12-20H2/t21-/m0/s1. The Hall–Kier alpha value is -2.71. The van der Waals surface area contributed by atoms with Gasteiger partial charge in [-0.05, 0) is 68.5 Å². The first kappa shape index (κ1) is 23.1. The molecule has 0 spiro atoms. The third kappa shape index (κ3) is 5.67. The molecule has 1 aromatic heterocycles. The van der Waals surface area contributed by atoms with Gasteiger partial charge in [-0.2, -0.15) is 0 Å². The van der Waals surface area contributed by atoms with Crippen LogP contribution < -0.4 is 15.1 Å². The van der Waals surface area contributed by atoms with Gasteiger partial charge in [0.25, 0.3) is 5.91 Å². The highest BCUT2D eigenvalue weighted by atomic mass is 16.5. The molecular formula is C26H36N6O2. The monoisotopic (exact) mass is 464 g/mol. The van der Waals surface area contributed by atoms with E-state index in [1.807, 2.05) is 35.5 Å². The van der Waals surface area contributed by atoms with Crippen molar-refractivity contribution in [1.82, 2.24) is 20.2 Å². The second-order valence-corrected chi connectivity index (χ2v) is 9.62. The molecule has 1 amide bonds. The fraction of sp³-hybridized carbons (Fsp3) is 0.577. The Morgan fingerprint density at radius 3 is 2.41 bits per heavy atom. The third-order valence-corrected chi connectivity index (χ3v) is 7.32. The van der Waals surface area contributed by atoms with E-state index in [0.29, 0.717) is 38.3 Å². The van der Waals surface area contributed by atoms with Crippen LogP contribution in [0, 0.1) is 5.92 Å². The van der Waals surface area contributed by atoms with Gasteiger partial charge in [0.2, 0.25) is 5.95 Å². The van der Waals surface area contributed by atoms with Crippen molar-refractivity contribution in [3.63, 3.8) is 0 Å². The molecule has 182 valence electrons. The minimum absolute atomic E-state index is 0.109. The summed E-state index contributed by atoms with van der Waals surface area (Å²) in [5.74, 6) is 1.61. The number of morpholine rings is 1. The summed E-state index contributed by atoms with van der Waals surface area (Å²) in [5.41, 5.74) is 1.98. The topological polar surface area (TPSA) is 73.8 Å². The summed E-state index contributed by atoms with van der Waals surface area (Å²) in [6, 6.07) is 10.6. The van der Waals surface area contributed by atoms with Crippen LogP contribution >= 0.6 is 0 Å². The zero-order valence-corrected chi connectivity index (χ0v) is 19.9. The van der Waals surface area contributed by atoms with E-state index in [-0.39, 0.29) is 5.91 Å². The molecule has 0 unspecified atom stereocenters. The fourth-order valence-corrected chi connectivity index (χ4v) is 5.31. The van der Waals surface area contributed by atoms with Crippen LogP contribution in [0.25, 0.3) is 0 Å². The van der Waals surface area contributed by atoms with Crippen LogP contribution in [-0.2, 0) is 4.74 Å². The van der Waals surface area contributed by atoms with Gasteiger partial charge < -0.3 is 24.8 Å². The number of aromatic nitrogens is 2. The molecule has 3 saturated heterocycles. The predicted octanol–water partition coefficient (Wildman–Crippen LogP) is 2.42. The zero-order valence-electron chi connectivity index (χ0n) is 19.9. The maximum Gasteiger partial charge on any atom is 0.254 e. The number of hydrogen-bond donors (Lipinski definition) is 1. The highest BCUT2D eigenvalue weighted by molar-refractivity contribution is 5.94. The van der Waals surface area contributed by atoms with Gasteiger partial charge in [-0.3, -0.25) is 4.79 Å². The SMILES string of the molecule is O=C(c1ccc(N2CCC(NC[C@@H]3CCCN(c4ncccn4)C3)CC2)cc1)N1CCOCC1. The summed E-state index contributed by atoms with van der Waals surface area (Å²) >= 11 is 0. The minimum atomic E-state index is 0.109. The molecular weight excluding hydrogens is 428 g/mol. The second-order valence-electron chi connectivity index (χ2n) is 9.62. The molecule has 1 N–H and O–H groups in total. The molecule has 8 nitrogen and oxygen atoms in total. The van der Waals surface area contributed by atoms with Crippen molar-refractivity contribution in [3.8, 4) is 0 Å². The van der Waals surface area contributed by atoms with E-state index in [1.54, 1.807) is 0 Å². The van der Waals surface area contributed by atoms with E-state index in [1.165, 1.54) is 18.5 Å². The number of carbonyl (C=O) groups is 1. The van der Waals surface area contributed by atoms with Crippen LogP contribution in [-0.4, -0.2) is 85.8 Å². The van der Waals surface area contributed by atoms with Gasteiger partial charge in [-0.25, -0.2) is 9.97 Å². The Labute approximate surface area is 202 Å². The molecule has 3 aliphatic rings. The van der Waals surface area contributed by atoms with E-state index >= 15 is 0 Å². The Bertz CT molecular complexity index is 911. The number of piperidine rings is 2. The number of amides is 1. The lowest BCUT2D eigenvalue weighted by molar-refractivity contribution is 0.0303. The molecule has 0 saturated carbocycles. The molecule has 4 heterocycles. The number of benzene rings is 1. The van der Waals surface area contributed by atoms with Gasteiger partial charge >= 0.3 is 0 Å². The minimum Gasteiger partial charge on any atom is -0.378 e. The van der Waals surface area contributed by atoms with Crippen LogP contribution in [0.4, 0.5) is 11.6 Å². The molecule has 0 radical (unpaired) electrons. The van der Waals surface area contributed by atoms with Gasteiger partial charge in [-0.15, -0.1) is 0 Å². The van der Waals surface area contributed by atoms with Crippen molar-refractivity contribution < 1.29 is 9.53 Å². The molecule has 8 heteroatoms. The summed E-state index contributed by atoms with van der Waals surface area (Å²) in [6.45, 7) is 7.86. The highest BCUT2D eigenvalue weighted by Crippen LogP contribution is 2.23. The Morgan fingerprint density at radius 2 is 1.68 bits per heavy atom. The van der Waals surface area contributed by atoms with E-state index in [4.69, 9.17) is 4.74 Å². The normalized spacial score (nSPS) is 22.1. The number of carbonyl (C=O) groups excluding carboxylic acids is 1. The molecule has 1 aromatic carbocycles. The Morgan fingerprint density at radius 1 is 0.941 bits per heavy atom. The fourth-order valence-electron chi connectivity index (χ4n) is 5.31. The summed E-state index contributed by atoms with van der Waals surface area (Å²) in [5, 5.41) is 3.84. The van der Waals surface area contributed by atoms with Crippen molar-refractivity contribution in [2.75, 3.05) is 68.8 Å². The maximum absolute atomic E-state index is 12.7. The number of anilines is 2. The first-order chi connectivity index (χ1) is 16.8. The second kappa shape index (κ2) is 11.1. The van der Waals surface area contributed by atoms with Crippen LogP contribution in [0.2, 0.25) is 0 Å². The zero-order chi connectivity index (χ0) is 23.2. The summed E-state index contributed by atoms with van der Waals surface area (Å²) in [4.78, 5) is 28.2. The molecule has 3 fully saturated rings. The third-order valence-electron chi connectivity index (χ3n) is 7.32. The number of nitrogens with zero attached hydrogens (tertiary/aromatic N) is 5. The van der Waals surface area contributed by atoms with Crippen LogP contribution in [0.5, 0.6) is 0 Å². The number of rotatable bonds is 6. The van der Waals surface area contributed by atoms with Crippen molar-refractivity contribution in [1.29, 1.82) is 0 Å². The summed E-state index contributed by atoms with van der Waals surface area (Å²) in [6.07, 6.45) is 8.41. The van der Waals surface area contributed by atoms with Crippen molar-refractivity contribution in [2.24, 2.45) is 5.92 Å². The quantitative estimate of drug-likeness (QED) is 0.704.